The number of benzene rings is 4. The first-order valence-electron chi connectivity index (χ1n) is 12.1. The van der Waals surface area contributed by atoms with Crippen LogP contribution in [0.25, 0.3) is 58.8 Å². The van der Waals surface area contributed by atoms with Crippen molar-refractivity contribution >= 4 is 53.3 Å². The third-order valence-corrected chi connectivity index (χ3v) is 9.02. The van der Waals surface area contributed by atoms with Gasteiger partial charge in [-0.2, -0.15) is 0 Å². The molecule has 8 rings (SSSR count). The molecule has 0 fully saturated rings. The Hall–Kier alpha value is -3.95. The van der Waals surface area contributed by atoms with Crippen molar-refractivity contribution in [2.45, 2.75) is 19.3 Å². The molecule has 7 aromatic rings. The van der Waals surface area contributed by atoms with Gasteiger partial charge in [0.25, 0.3) is 0 Å². The Morgan fingerprint density at radius 1 is 0.771 bits per heavy atom. The Balaban J connectivity index is 1.77. The van der Waals surface area contributed by atoms with E-state index in [1.165, 1.54) is 64.2 Å². The largest absolute Gasteiger partial charge is 0.307 e. The maximum absolute atomic E-state index is 4.50. The van der Waals surface area contributed by atoms with Crippen LogP contribution in [0.15, 0.2) is 97.3 Å². The van der Waals surface area contributed by atoms with E-state index in [2.05, 4.69) is 102 Å². The molecule has 0 amide bonds. The SMILES string of the molecule is CC1(C)c2ccccc2-c2c1c1sc3ccccc3c1c1c3ccccc3n(-c3cccnc3)c21. The Bertz CT molecular complexity index is 1970. The van der Waals surface area contributed by atoms with E-state index in [1.54, 1.807) is 0 Å². The fourth-order valence-electron chi connectivity index (χ4n) is 6.42. The Kier molecular flexibility index (Phi) is 3.64. The molecule has 166 valence electrons. The highest BCUT2D eigenvalue weighted by Crippen LogP contribution is 2.58. The van der Waals surface area contributed by atoms with Crippen molar-refractivity contribution in [2.24, 2.45) is 0 Å². The second-order valence-corrected chi connectivity index (χ2v) is 11.1. The van der Waals surface area contributed by atoms with Crippen molar-refractivity contribution < 1.29 is 0 Å². The number of nitrogens with zero attached hydrogens (tertiary/aromatic N) is 2. The van der Waals surface area contributed by atoms with Crippen molar-refractivity contribution in [1.29, 1.82) is 0 Å². The van der Waals surface area contributed by atoms with Crippen LogP contribution in [0.4, 0.5) is 0 Å². The lowest BCUT2D eigenvalue weighted by Gasteiger charge is -2.22. The van der Waals surface area contributed by atoms with Crippen LogP contribution >= 0.6 is 11.3 Å². The lowest BCUT2D eigenvalue weighted by atomic mass is 9.81. The molecule has 0 saturated heterocycles. The van der Waals surface area contributed by atoms with E-state index in [1.807, 2.05) is 29.8 Å². The number of hydrogen-bond donors (Lipinski definition) is 0. The second-order valence-electron chi connectivity index (χ2n) is 10.0. The third kappa shape index (κ3) is 2.32. The molecule has 2 nitrogen and oxygen atoms in total. The number of pyridine rings is 1. The van der Waals surface area contributed by atoms with Gasteiger partial charge in [0.2, 0.25) is 0 Å². The van der Waals surface area contributed by atoms with E-state index >= 15 is 0 Å². The summed E-state index contributed by atoms with van der Waals surface area (Å²) in [5, 5.41) is 5.38. The molecule has 1 aliphatic carbocycles. The zero-order valence-corrected chi connectivity index (χ0v) is 20.4. The molecule has 35 heavy (non-hydrogen) atoms. The number of fused-ring (bicyclic) bond motifs is 12. The minimum atomic E-state index is -0.0878. The maximum Gasteiger partial charge on any atom is 0.0645 e. The van der Waals surface area contributed by atoms with E-state index in [0.717, 1.165) is 5.69 Å². The molecule has 3 heterocycles. The maximum atomic E-state index is 4.50. The Labute approximate surface area is 207 Å². The van der Waals surface area contributed by atoms with Gasteiger partial charge in [-0.25, -0.2) is 0 Å². The monoisotopic (exact) mass is 466 g/mol. The lowest BCUT2D eigenvalue weighted by Crippen LogP contribution is -2.15. The molecule has 0 aliphatic heterocycles. The number of rotatable bonds is 1. The van der Waals surface area contributed by atoms with Gasteiger partial charge in [0.1, 0.15) is 0 Å². The average molecular weight is 467 g/mol. The number of para-hydroxylation sites is 1. The smallest absolute Gasteiger partial charge is 0.0645 e. The third-order valence-electron chi connectivity index (χ3n) is 7.83. The highest BCUT2D eigenvalue weighted by atomic mass is 32.1. The molecular formula is C32H22N2S. The van der Waals surface area contributed by atoms with Crippen molar-refractivity contribution in [3.8, 4) is 16.8 Å². The molecular weight excluding hydrogens is 444 g/mol. The molecule has 0 radical (unpaired) electrons. The van der Waals surface area contributed by atoms with Crippen LogP contribution in [0.1, 0.15) is 25.0 Å². The van der Waals surface area contributed by atoms with E-state index in [4.69, 9.17) is 0 Å². The van der Waals surface area contributed by atoms with E-state index in [0.29, 0.717) is 0 Å². The van der Waals surface area contributed by atoms with Gasteiger partial charge in [-0.05, 0) is 41.0 Å². The first kappa shape index (κ1) is 19.4. The van der Waals surface area contributed by atoms with Crippen LogP contribution in [-0.2, 0) is 5.41 Å². The van der Waals surface area contributed by atoms with E-state index in [-0.39, 0.29) is 5.41 Å². The number of aromatic nitrogens is 2. The van der Waals surface area contributed by atoms with Gasteiger partial charge in [-0.3, -0.25) is 4.98 Å². The van der Waals surface area contributed by atoms with Crippen LogP contribution in [0, 0.1) is 0 Å². The number of thiophene rings is 1. The molecule has 0 N–H and O–H groups in total. The number of hydrogen-bond acceptors (Lipinski definition) is 2. The molecule has 4 aromatic carbocycles. The van der Waals surface area contributed by atoms with Crippen molar-refractivity contribution in [2.75, 3.05) is 0 Å². The van der Waals surface area contributed by atoms with Crippen LogP contribution in [0.5, 0.6) is 0 Å². The minimum absolute atomic E-state index is 0.0878. The van der Waals surface area contributed by atoms with Gasteiger partial charge in [-0.1, -0.05) is 74.5 Å². The highest BCUT2D eigenvalue weighted by molar-refractivity contribution is 7.26. The van der Waals surface area contributed by atoms with Crippen molar-refractivity contribution in [3.05, 3.63) is 108 Å². The molecule has 0 atom stereocenters. The topological polar surface area (TPSA) is 17.8 Å². The average Bonchev–Trinajstić information content (AvgIpc) is 3.51. The molecule has 0 bridgehead atoms. The fraction of sp³-hybridized carbons (Fsp3) is 0.0938. The summed E-state index contributed by atoms with van der Waals surface area (Å²) in [6, 6.07) is 31.0. The highest BCUT2D eigenvalue weighted by Gasteiger charge is 2.40. The summed E-state index contributed by atoms with van der Waals surface area (Å²) >= 11 is 1.95. The van der Waals surface area contributed by atoms with Gasteiger partial charge < -0.3 is 4.57 Å². The zero-order valence-electron chi connectivity index (χ0n) is 19.5. The lowest BCUT2D eigenvalue weighted by molar-refractivity contribution is 0.667. The Morgan fingerprint density at radius 3 is 2.40 bits per heavy atom. The molecule has 0 saturated carbocycles. The predicted octanol–water partition coefficient (Wildman–Crippen LogP) is 8.85. The van der Waals surface area contributed by atoms with Gasteiger partial charge in [0.05, 0.1) is 22.9 Å². The summed E-state index contributed by atoms with van der Waals surface area (Å²) < 4.78 is 5.21. The van der Waals surface area contributed by atoms with Crippen molar-refractivity contribution in [3.63, 3.8) is 0 Å². The summed E-state index contributed by atoms with van der Waals surface area (Å²) in [5.74, 6) is 0. The van der Waals surface area contributed by atoms with Gasteiger partial charge in [0, 0.05) is 48.1 Å². The first-order chi connectivity index (χ1) is 17.2. The molecule has 0 spiro atoms. The summed E-state index contributed by atoms with van der Waals surface area (Å²) in [6.45, 7) is 4.79. The first-order valence-corrected chi connectivity index (χ1v) is 12.9. The second kappa shape index (κ2) is 6.59. The standard InChI is InChI=1S/C32H22N2S/c1-32(2)23-14-6-3-11-20(23)28-29(32)31-27(22-13-5-8-16-25(22)35-31)26-21-12-4-7-15-24(21)34(30(26)28)19-10-9-17-33-18-19/h3-18H,1-2H3. The summed E-state index contributed by atoms with van der Waals surface area (Å²) in [5.41, 5.74) is 9.12. The quantitative estimate of drug-likeness (QED) is 0.236. The van der Waals surface area contributed by atoms with E-state index in [9.17, 15) is 0 Å². The Morgan fingerprint density at radius 2 is 1.54 bits per heavy atom. The zero-order chi connectivity index (χ0) is 23.3. The normalized spacial score (nSPS) is 14.2. The van der Waals surface area contributed by atoms with Crippen LogP contribution < -0.4 is 0 Å². The van der Waals surface area contributed by atoms with E-state index < -0.39 is 0 Å². The van der Waals surface area contributed by atoms with Crippen LogP contribution in [0.3, 0.4) is 0 Å². The molecule has 0 unspecified atom stereocenters. The predicted molar refractivity (Wildman–Crippen MR) is 149 cm³/mol. The van der Waals surface area contributed by atoms with Crippen LogP contribution in [0.2, 0.25) is 0 Å². The minimum Gasteiger partial charge on any atom is -0.307 e. The van der Waals surface area contributed by atoms with Gasteiger partial charge in [0.15, 0.2) is 0 Å². The summed E-state index contributed by atoms with van der Waals surface area (Å²) in [4.78, 5) is 4.50. The summed E-state index contributed by atoms with van der Waals surface area (Å²) in [7, 11) is 0. The van der Waals surface area contributed by atoms with Gasteiger partial charge in [-0.15, -0.1) is 11.3 Å². The molecule has 3 aromatic heterocycles. The fourth-order valence-corrected chi connectivity index (χ4v) is 7.84. The van der Waals surface area contributed by atoms with Gasteiger partial charge >= 0.3 is 0 Å². The van der Waals surface area contributed by atoms with Crippen LogP contribution in [-0.4, -0.2) is 9.55 Å². The molecule has 1 aliphatic rings. The van der Waals surface area contributed by atoms with Crippen molar-refractivity contribution in [1.82, 2.24) is 9.55 Å². The molecule has 3 heteroatoms. The summed E-state index contributed by atoms with van der Waals surface area (Å²) in [6.07, 6.45) is 3.84.